The average Bonchev–Trinajstić information content (AvgIpc) is 3.08. The molecule has 0 spiro atoms. The van der Waals surface area contributed by atoms with Crippen LogP contribution in [0.1, 0.15) is 37.0 Å². The third-order valence-electron chi connectivity index (χ3n) is 3.82. The second kappa shape index (κ2) is 5.71. The molecule has 114 valence electrons. The van der Waals surface area contributed by atoms with Gasteiger partial charge in [-0.2, -0.15) is 4.98 Å². The van der Waals surface area contributed by atoms with Crippen molar-refractivity contribution in [3.8, 4) is 0 Å². The Morgan fingerprint density at radius 1 is 1.38 bits per heavy atom. The topological polar surface area (TPSA) is 88.8 Å². The zero-order valence-corrected chi connectivity index (χ0v) is 11.9. The van der Waals surface area contributed by atoms with Crippen molar-refractivity contribution in [3.63, 3.8) is 0 Å². The molecule has 2 aliphatic rings. The van der Waals surface area contributed by atoms with E-state index in [1.807, 2.05) is 0 Å². The lowest BCUT2D eigenvalue weighted by Crippen LogP contribution is -2.44. The first-order valence-electron chi connectivity index (χ1n) is 7.16. The second-order valence-corrected chi connectivity index (χ2v) is 5.31. The van der Waals surface area contributed by atoms with Gasteiger partial charge in [-0.15, -0.1) is 0 Å². The van der Waals surface area contributed by atoms with Gasteiger partial charge >= 0.3 is 6.09 Å². The Kier molecular flexibility index (Phi) is 3.76. The first kappa shape index (κ1) is 13.8. The molecule has 0 radical (unpaired) electrons. The van der Waals surface area contributed by atoms with E-state index in [9.17, 15) is 9.59 Å². The Bertz CT molecular complexity index is 544. The highest BCUT2D eigenvalue weighted by atomic mass is 16.6. The summed E-state index contributed by atoms with van der Waals surface area (Å²) in [5, 5.41) is 3.79. The number of aromatic nitrogens is 2. The van der Waals surface area contributed by atoms with E-state index < -0.39 is 6.09 Å². The van der Waals surface area contributed by atoms with E-state index in [1.165, 1.54) is 4.90 Å². The Labute approximate surface area is 122 Å². The predicted octanol–water partition coefficient (Wildman–Crippen LogP) is 0.884. The molecule has 2 fully saturated rings. The SMILES string of the molecule is Cc1noc(C2CCCCN2C(=O)CN2CCOC2=O)n1. The fourth-order valence-corrected chi connectivity index (χ4v) is 2.76. The molecule has 1 aromatic heterocycles. The normalized spacial score (nSPS) is 22.5. The molecule has 3 heterocycles. The summed E-state index contributed by atoms with van der Waals surface area (Å²) >= 11 is 0. The van der Waals surface area contributed by atoms with E-state index in [-0.39, 0.29) is 18.5 Å². The Hall–Kier alpha value is -2.12. The minimum absolute atomic E-state index is 0.0441. The number of piperidine rings is 1. The summed E-state index contributed by atoms with van der Waals surface area (Å²) in [6, 6.07) is -0.189. The van der Waals surface area contributed by atoms with E-state index in [1.54, 1.807) is 11.8 Å². The van der Waals surface area contributed by atoms with Gasteiger partial charge in [0.2, 0.25) is 11.8 Å². The van der Waals surface area contributed by atoms with E-state index in [0.29, 0.717) is 31.4 Å². The molecule has 1 unspecified atom stereocenters. The highest BCUT2D eigenvalue weighted by molar-refractivity contribution is 5.83. The maximum Gasteiger partial charge on any atom is 0.410 e. The summed E-state index contributed by atoms with van der Waals surface area (Å²) < 4.78 is 10.1. The lowest BCUT2D eigenvalue weighted by atomic mass is 10.0. The van der Waals surface area contributed by atoms with Gasteiger partial charge in [-0.05, 0) is 26.2 Å². The molecule has 0 aromatic carbocycles. The Balaban J connectivity index is 1.71. The molecular weight excluding hydrogens is 276 g/mol. The molecule has 2 amide bonds. The van der Waals surface area contributed by atoms with Gasteiger partial charge in [-0.1, -0.05) is 5.16 Å². The third-order valence-corrected chi connectivity index (χ3v) is 3.82. The van der Waals surface area contributed by atoms with Crippen LogP contribution >= 0.6 is 0 Å². The van der Waals surface area contributed by atoms with Crippen LogP contribution < -0.4 is 0 Å². The third kappa shape index (κ3) is 2.84. The van der Waals surface area contributed by atoms with Gasteiger partial charge in [0.05, 0.1) is 6.54 Å². The van der Waals surface area contributed by atoms with Crippen molar-refractivity contribution < 1.29 is 18.8 Å². The predicted molar refractivity (Wildman–Crippen MR) is 70.3 cm³/mol. The number of amides is 2. The van der Waals surface area contributed by atoms with Crippen molar-refractivity contribution in [2.75, 3.05) is 26.2 Å². The minimum atomic E-state index is -0.425. The van der Waals surface area contributed by atoms with Gasteiger partial charge in [0.1, 0.15) is 19.2 Å². The number of rotatable bonds is 3. The van der Waals surface area contributed by atoms with Crippen molar-refractivity contribution in [1.82, 2.24) is 19.9 Å². The second-order valence-electron chi connectivity index (χ2n) is 5.31. The van der Waals surface area contributed by atoms with Crippen LogP contribution in [0, 0.1) is 6.92 Å². The molecule has 1 atom stereocenters. The standard InChI is InChI=1S/C13H18N4O4/c1-9-14-12(21-15-9)10-4-2-3-5-17(10)11(18)8-16-6-7-20-13(16)19/h10H,2-8H2,1H3. The number of aryl methyl sites for hydroxylation is 1. The molecule has 8 nitrogen and oxygen atoms in total. The molecule has 0 bridgehead atoms. The largest absolute Gasteiger partial charge is 0.448 e. The zero-order valence-electron chi connectivity index (χ0n) is 11.9. The van der Waals surface area contributed by atoms with Gasteiger partial charge in [0.25, 0.3) is 0 Å². The maximum absolute atomic E-state index is 12.5. The molecule has 0 aliphatic carbocycles. The molecule has 0 N–H and O–H groups in total. The number of cyclic esters (lactones) is 1. The average molecular weight is 294 g/mol. The number of carbonyl (C=O) groups is 2. The van der Waals surface area contributed by atoms with Gasteiger partial charge in [0.15, 0.2) is 5.82 Å². The summed E-state index contributed by atoms with van der Waals surface area (Å²) in [4.78, 5) is 31.3. The van der Waals surface area contributed by atoms with Crippen LogP contribution in [0.5, 0.6) is 0 Å². The van der Waals surface area contributed by atoms with Gasteiger partial charge in [-0.3, -0.25) is 9.69 Å². The zero-order chi connectivity index (χ0) is 14.8. The van der Waals surface area contributed by atoms with Gasteiger partial charge < -0.3 is 14.2 Å². The number of carbonyl (C=O) groups excluding carboxylic acids is 2. The van der Waals surface area contributed by atoms with Crippen LogP contribution in [0.3, 0.4) is 0 Å². The first-order valence-corrected chi connectivity index (χ1v) is 7.16. The summed E-state index contributed by atoms with van der Waals surface area (Å²) in [6.07, 6.45) is 2.34. The van der Waals surface area contributed by atoms with Crippen LogP contribution in [0.15, 0.2) is 4.52 Å². The number of nitrogens with zero attached hydrogens (tertiary/aromatic N) is 4. The summed E-state index contributed by atoms with van der Waals surface area (Å²) in [6.45, 7) is 3.25. The van der Waals surface area contributed by atoms with Crippen molar-refractivity contribution in [3.05, 3.63) is 11.7 Å². The summed E-state index contributed by atoms with van der Waals surface area (Å²) in [7, 11) is 0. The highest BCUT2D eigenvalue weighted by Crippen LogP contribution is 2.30. The van der Waals surface area contributed by atoms with Gasteiger partial charge in [-0.25, -0.2) is 4.79 Å². The van der Waals surface area contributed by atoms with E-state index >= 15 is 0 Å². The van der Waals surface area contributed by atoms with Crippen molar-refractivity contribution in [1.29, 1.82) is 0 Å². The quantitative estimate of drug-likeness (QED) is 0.822. The highest BCUT2D eigenvalue weighted by Gasteiger charge is 2.34. The number of ether oxygens (including phenoxy) is 1. The number of hydrogen-bond acceptors (Lipinski definition) is 6. The summed E-state index contributed by atoms with van der Waals surface area (Å²) in [5.74, 6) is 0.935. The smallest absolute Gasteiger partial charge is 0.410 e. The molecule has 21 heavy (non-hydrogen) atoms. The molecule has 0 saturated carbocycles. The number of likely N-dealkylation sites (tertiary alicyclic amines) is 1. The lowest BCUT2D eigenvalue weighted by molar-refractivity contribution is -0.136. The van der Waals surface area contributed by atoms with Crippen LogP contribution in [0.4, 0.5) is 4.79 Å². The Morgan fingerprint density at radius 2 is 2.24 bits per heavy atom. The molecule has 2 aliphatic heterocycles. The van der Waals surface area contributed by atoms with Gasteiger partial charge in [0, 0.05) is 6.54 Å². The van der Waals surface area contributed by atoms with Crippen LogP contribution in [0.25, 0.3) is 0 Å². The van der Waals surface area contributed by atoms with Crippen molar-refractivity contribution in [2.24, 2.45) is 0 Å². The minimum Gasteiger partial charge on any atom is -0.448 e. The van der Waals surface area contributed by atoms with E-state index in [4.69, 9.17) is 9.26 Å². The lowest BCUT2D eigenvalue weighted by Gasteiger charge is -2.34. The molecular formula is C13H18N4O4. The number of hydrogen-bond donors (Lipinski definition) is 0. The fourth-order valence-electron chi connectivity index (χ4n) is 2.76. The fraction of sp³-hybridized carbons (Fsp3) is 0.692. The van der Waals surface area contributed by atoms with Crippen LogP contribution in [-0.2, 0) is 9.53 Å². The first-order chi connectivity index (χ1) is 10.1. The molecule has 2 saturated heterocycles. The van der Waals surface area contributed by atoms with Crippen molar-refractivity contribution >= 4 is 12.0 Å². The maximum atomic E-state index is 12.5. The van der Waals surface area contributed by atoms with Crippen LogP contribution in [0.2, 0.25) is 0 Å². The molecule has 1 aromatic rings. The van der Waals surface area contributed by atoms with Crippen molar-refractivity contribution in [2.45, 2.75) is 32.2 Å². The summed E-state index contributed by atoms with van der Waals surface area (Å²) in [5.41, 5.74) is 0. The molecule has 3 rings (SSSR count). The van der Waals surface area contributed by atoms with Crippen LogP contribution in [-0.4, -0.2) is 58.2 Å². The van der Waals surface area contributed by atoms with E-state index in [2.05, 4.69) is 10.1 Å². The monoisotopic (exact) mass is 294 g/mol. The molecule has 8 heteroatoms. The Morgan fingerprint density at radius 3 is 2.90 bits per heavy atom. The van der Waals surface area contributed by atoms with E-state index in [0.717, 1.165) is 19.3 Å².